The van der Waals surface area contributed by atoms with Crippen LogP contribution in [0.1, 0.15) is 72.6 Å². The molecule has 2 unspecified atom stereocenters. The average Bonchev–Trinajstić information content (AvgIpc) is 2.34. The Bertz CT molecular complexity index is 255. The lowest BCUT2D eigenvalue weighted by Crippen LogP contribution is -2.47. The molecule has 19 heavy (non-hydrogen) atoms. The Kier molecular flexibility index (Phi) is 4.94. The highest BCUT2D eigenvalue weighted by Gasteiger charge is 2.39. The minimum absolute atomic E-state index is 0.438. The van der Waals surface area contributed by atoms with Gasteiger partial charge in [-0.2, -0.15) is 0 Å². The summed E-state index contributed by atoms with van der Waals surface area (Å²) in [6.07, 6.45) is 10.3. The molecule has 2 nitrogen and oxygen atoms in total. The zero-order valence-electron chi connectivity index (χ0n) is 13.3. The summed E-state index contributed by atoms with van der Waals surface area (Å²) >= 11 is 0. The predicted octanol–water partition coefficient (Wildman–Crippen LogP) is 4.57. The van der Waals surface area contributed by atoms with Crippen molar-refractivity contribution in [3.8, 4) is 0 Å². The maximum absolute atomic E-state index is 5.63. The molecule has 2 rings (SSSR count). The van der Waals surface area contributed by atoms with Gasteiger partial charge in [0.15, 0.2) is 0 Å². The van der Waals surface area contributed by atoms with Crippen LogP contribution < -0.4 is 0 Å². The molecule has 0 bridgehead atoms. The summed E-state index contributed by atoms with van der Waals surface area (Å²) in [5.74, 6) is 0. The van der Waals surface area contributed by atoms with E-state index in [1.165, 1.54) is 44.9 Å². The molecule has 2 saturated heterocycles. The zero-order chi connectivity index (χ0) is 13.9. The van der Waals surface area contributed by atoms with Crippen molar-refractivity contribution >= 4 is 0 Å². The van der Waals surface area contributed by atoms with E-state index in [0.717, 1.165) is 13.2 Å². The van der Waals surface area contributed by atoms with Gasteiger partial charge in [-0.1, -0.05) is 59.8 Å². The summed E-state index contributed by atoms with van der Waals surface area (Å²) in [5.41, 5.74) is 0.875. The van der Waals surface area contributed by atoms with E-state index >= 15 is 0 Å². The van der Waals surface area contributed by atoms with Gasteiger partial charge >= 0.3 is 0 Å². The zero-order valence-corrected chi connectivity index (χ0v) is 13.3. The summed E-state index contributed by atoms with van der Waals surface area (Å²) in [6, 6.07) is 0. The molecule has 0 aliphatic carbocycles. The van der Waals surface area contributed by atoms with Gasteiger partial charge < -0.3 is 9.47 Å². The van der Waals surface area contributed by atoms with Crippen LogP contribution in [-0.4, -0.2) is 25.4 Å². The summed E-state index contributed by atoms with van der Waals surface area (Å²) in [6.45, 7) is 11.2. The number of rotatable bonds is 8. The van der Waals surface area contributed by atoms with Gasteiger partial charge in [0.2, 0.25) is 0 Å². The lowest BCUT2D eigenvalue weighted by atomic mass is 9.79. The van der Waals surface area contributed by atoms with Gasteiger partial charge in [-0.05, 0) is 12.8 Å². The average molecular weight is 268 g/mol. The lowest BCUT2D eigenvalue weighted by Gasteiger charge is -2.44. The van der Waals surface area contributed by atoms with Crippen molar-refractivity contribution < 1.29 is 9.47 Å². The molecule has 2 atom stereocenters. The smallest absolute Gasteiger partial charge is 0.0648 e. The van der Waals surface area contributed by atoms with Crippen LogP contribution in [0.4, 0.5) is 0 Å². The molecule has 112 valence electrons. The monoisotopic (exact) mass is 268 g/mol. The summed E-state index contributed by atoms with van der Waals surface area (Å²) in [5, 5.41) is 0. The van der Waals surface area contributed by atoms with Gasteiger partial charge in [0, 0.05) is 10.8 Å². The van der Waals surface area contributed by atoms with Crippen molar-refractivity contribution in [2.45, 2.75) is 84.8 Å². The molecular formula is C17H32O2. The standard InChI is InChI=1S/C17H32O2/c1-16(2)12-18-14(16)10-8-6-5-7-9-11-15-17(3,4)13-19-15/h14-15H,5-13H2,1-4H3. The number of ether oxygens (including phenoxy) is 2. The summed E-state index contributed by atoms with van der Waals surface area (Å²) in [4.78, 5) is 0. The lowest BCUT2D eigenvalue weighted by molar-refractivity contribution is -0.171. The highest BCUT2D eigenvalue weighted by molar-refractivity contribution is 4.87. The van der Waals surface area contributed by atoms with E-state index in [1.807, 2.05) is 0 Å². The fourth-order valence-corrected chi connectivity index (χ4v) is 3.21. The minimum Gasteiger partial charge on any atom is -0.377 e. The van der Waals surface area contributed by atoms with Crippen molar-refractivity contribution in [2.24, 2.45) is 10.8 Å². The molecule has 2 aliphatic heterocycles. The highest BCUT2D eigenvalue weighted by Crippen LogP contribution is 2.38. The Labute approximate surface area is 119 Å². The van der Waals surface area contributed by atoms with Crippen LogP contribution in [0.15, 0.2) is 0 Å². The first kappa shape index (κ1) is 15.3. The first-order valence-electron chi connectivity index (χ1n) is 8.15. The van der Waals surface area contributed by atoms with Crippen molar-refractivity contribution in [1.82, 2.24) is 0 Å². The van der Waals surface area contributed by atoms with Crippen LogP contribution in [0.5, 0.6) is 0 Å². The van der Waals surface area contributed by atoms with Crippen LogP contribution in [0, 0.1) is 10.8 Å². The molecule has 2 heteroatoms. The Morgan fingerprint density at radius 3 is 1.32 bits per heavy atom. The van der Waals surface area contributed by atoms with Crippen LogP contribution in [0.25, 0.3) is 0 Å². The van der Waals surface area contributed by atoms with Crippen LogP contribution >= 0.6 is 0 Å². The van der Waals surface area contributed by atoms with Gasteiger partial charge in [-0.25, -0.2) is 0 Å². The molecule has 0 aromatic heterocycles. The first-order valence-corrected chi connectivity index (χ1v) is 8.15. The molecule has 0 N–H and O–H groups in total. The number of hydrogen-bond donors (Lipinski definition) is 0. The summed E-state index contributed by atoms with van der Waals surface area (Å²) < 4.78 is 11.3. The molecule has 0 amide bonds. The second kappa shape index (κ2) is 6.13. The third kappa shape index (κ3) is 3.95. The molecule has 2 fully saturated rings. The van der Waals surface area contributed by atoms with Crippen molar-refractivity contribution in [3.05, 3.63) is 0 Å². The van der Waals surface area contributed by atoms with E-state index in [9.17, 15) is 0 Å². The maximum atomic E-state index is 5.63. The second-order valence-electron chi connectivity index (χ2n) is 7.92. The predicted molar refractivity (Wildman–Crippen MR) is 79.4 cm³/mol. The Balaban J connectivity index is 1.41. The van der Waals surface area contributed by atoms with Gasteiger partial charge in [-0.3, -0.25) is 0 Å². The van der Waals surface area contributed by atoms with Crippen molar-refractivity contribution in [2.75, 3.05) is 13.2 Å². The maximum Gasteiger partial charge on any atom is 0.0648 e. The normalized spacial score (nSPS) is 31.6. The fourth-order valence-electron chi connectivity index (χ4n) is 3.21. The molecule has 2 aliphatic rings. The Morgan fingerprint density at radius 2 is 1.05 bits per heavy atom. The van der Waals surface area contributed by atoms with Gasteiger partial charge in [0.25, 0.3) is 0 Å². The van der Waals surface area contributed by atoms with E-state index in [1.54, 1.807) is 0 Å². The van der Waals surface area contributed by atoms with Gasteiger partial charge in [0.05, 0.1) is 25.4 Å². The highest BCUT2D eigenvalue weighted by atomic mass is 16.5. The van der Waals surface area contributed by atoms with E-state index in [4.69, 9.17) is 9.47 Å². The van der Waals surface area contributed by atoms with E-state index in [0.29, 0.717) is 23.0 Å². The van der Waals surface area contributed by atoms with Crippen molar-refractivity contribution in [1.29, 1.82) is 0 Å². The van der Waals surface area contributed by atoms with Gasteiger partial charge in [0.1, 0.15) is 0 Å². The van der Waals surface area contributed by atoms with Crippen LogP contribution in [-0.2, 0) is 9.47 Å². The Hall–Kier alpha value is -0.0800. The largest absolute Gasteiger partial charge is 0.377 e. The third-order valence-corrected chi connectivity index (χ3v) is 4.99. The SMILES string of the molecule is CC1(C)COC1CCCCCCCC1OCC1(C)C. The molecule has 0 radical (unpaired) electrons. The fraction of sp³-hybridized carbons (Fsp3) is 1.00. The van der Waals surface area contributed by atoms with Crippen LogP contribution in [0.3, 0.4) is 0 Å². The van der Waals surface area contributed by atoms with Crippen molar-refractivity contribution in [3.63, 3.8) is 0 Å². The molecule has 0 aromatic rings. The number of unbranched alkanes of at least 4 members (excludes halogenated alkanes) is 4. The molecule has 2 heterocycles. The molecule has 0 spiro atoms. The Morgan fingerprint density at radius 1 is 0.684 bits per heavy atom. The van der Waals surface area contributed by atoms with Crippen LogP contribution in [0.2, 0.25) is 0 Å². The van der Waals surface area contributed by atoms with E-state index in [2.05, 4.69) is 27.7 Å². The van der Waals surface area contributed by atoms with E-state index < -0.39 is 0 Å². The first-order chi connectivity index (χ1) is 8.92. The second-order valence-corrected chi connectivity index (χ2v) is 7.92. The van der Waals surface area contributed by atoms with Gasteiger partial charge in [-0.15, -0.1) is 0 Å². The minimum atomic E-state index is 0.438. The molecular weight excluding hydrogens is 236 g/mol. The number of hydrogen-bond acceptors (Lipinski definition) is 2. The quantitative estimate of drug-likeness (QED) is 0.600. The third-order valence-electron chi connectivity index (χ3n) is 4.99. The topological polar surface area (TPSA) is 18.5 Å². The molecule has 0 saturated carbocycles. The molecule has 0 aromatic carbocycles. The van der Waals surface area contributed by atoms with E-state index in [-0.39, 0.29) is 0 Å². The summed E-state index contributed by atoms with van der Waals surface area (Å²) in [7, 11) is 0.